The number of hydrogen-bond acceptors (Lipinski definition) is 7. The lowest BCUT2D eigenvalue weighted by molar-refractivity contribution is -0.151. The number of aromatic nitrogens is 2. The van der Waals surface area contributed by atoms with Crippen LogP contribution >= 0.6 is 11.8 Å². The van der Waals surface area contributed by atoms with E-state index in [2.05, 4.69) is 10.2 Å². The average molecular weight is 389 g/mol. The molecule has 27 heavy (non-hydrogen) atoms. The molecule has 1 saturated heterocycles. The molecular formula is C19H23N3O4S. The van der Waals surface area contributed by atoms with Gasteiger partial charge in [-0.3, -0.25) is 9.59 Å². The molecule has 2 heterocycles. The molecule has 1 aliphatic rings. The van der Waals surface area contributed by atoms with E-state index in [0.717, 1.165) is 5.56 Å². The summed E-state index contributed by atoms with van der Waals surface area (Å²) in [6, 6.07) is 9.51. The maximum Gasteiger partial charge on any atom is 0.309 e. The Morgan fingerprint density at radius 3 is 2.63 bits per heavy atom. The summed E-state index contributed by atoms with van der Waals surface area (Å²) in [7, 11) is 0. The van der Waals surface area contributed by atoms with Crippen LogP contribution in [0.2, 0.25) is 0 Å². The minimum Gasteiger partial charge on any atom is -0.466 e. The number of hydrogen-bond donors (Lipinski definition) is 0. The molecule has 1 aromatic heterocycles. The monoisotopic (exact) mass is 389 g/mol. The first-order valence-corrected chi connectivity index (χ1v) is 9.97. The van der Waals surface area contributed by atoms with Gasteiger partial charge in [-0.2, -0.15) is 0 Å². The van der Waals surface area contributed by atoms with Crippen LogP contribution in [0.1, 0.15) is 26.7 Å². The lowest BCUT2D eigenvalue weighted by Gasteiger charge is -2.32. The third kappa shape index (κ3) is 4.88. The van der Waals surface area contributed by atoms with E-state index in [0.29, 0.717) is 43.7 Å². The molecule has 1 atom stereocenters. The van der Waals surface area contributed by atoms with Crippen LogP contribution in [-0.2, 0) is 14.3 Å². The Hall–Kier alpha value is -2.35. The summed E-state index contributed by atoms with van der Waals surface area (Å²) in [6.45, 7) is 5.15. The van der Waals surface area contributed by atoms with Crippen molar-refractivity contribution >= 4 is 23.6 Å². The normalized spacial score (nSPS) is 16.1. The van der Waals surface area contributed by atoms with Crippen molar-refractivity contribution in [2.24, 2.45) is 5.92 Å². The summed E-state index contributed by atoms with van der Waals surface area (Å²) < 4.78 is 10.7. The Bertz CT molecular complexity index is 772. The second-order valence-electron chi connectivity index (χ2n) is 6.35. The third-order valence-electron chi connectivity index (χ3n) is 4.48. The predicted octanol–water partition coefficient (Wildman–Crippen LogP) is 3.02. The molecular weight excluding hydrogens is 366 g/mol. The minimum absolute atomic E-state index is 0.0155. The summed E-state index contributed by atoms with van der Waals surface area (Å²) in [5, 5.41) is 8.11. The highest BCUT2D eigenvalue weighted by Gasteiger charge is 2.31. The van der Waals surface area contributed by atoms with Gasteiger partial charge in [-0.15, -0.1) is 10.2 Å². The summed E-state index contributed by atoms with van der Waals surface area (Å²) in [5.74, 6) is 0.183. The Labute approximate surface area is 162 Å². The smallest absolute Gasteiger partial charge is 0.309 e. The topological polar surface area (TPSA) is 85.5 Å². The first-order chi connectivity index (χ1) is 13.1. The molecule has 1 aromatic carbocycles. The fourth-order valence-corrected chi connectivity index (χ4v) is 3.78. The van der Waals surface area contributed by atoms with Crippen LogP contribution < -0.4 is 0 Å². The Kier molecular flexibility index (Phi) is 6.49. The van der Waals surface area contributed by atoms with E-state index in [1.54, 1.807) is 11.8 Å². The van der Waals surface area contributed by atoms with E-state index in [4.69, 9.17) is 9.15 Å². The highest BCUT2D eigenvalue weighted by Crippen LogP contribution is 2.28. The number of rotatable bonds is 6. The zero-order valence-electron chi connectivity index (χ0n) is 15.5. The van der Waals surface area contributed by atoms with E-state index in [9.17, 15) is 9.59 Å². The summed E-state index contributed by atoms with van der Waals surface area (Å²) in [5.41, 5.74) is 0.844. The number of piperidine rings is 1. The van der Waals surface area contributed by atoms with E-state index in [-0.39, 0.29) is 23.0 Å². The number of ether oxygens (including phenoxy) is 1. The highest BCUT2D eigenvalue weighted by molar-refractivity contribution is 8.00. The Balaban J connectivity index is 1.53. The lowest BCUT2D eigenvalue weighted by Crippen LogP contribution is -2.43. The first-order valence-electron chi connectivity index (χ1n) is 9.09. The van der Waals surface area contributed by atoms with Crippen LogP contribution in [-0.4, -0.2) is 51.9 Å². The van der Waals surface area contributed by atoms with Crippen LogP contribution in [0, 0.1) is 5.92 Å². The maximum atomic E-state index is 12.7. The van der Waals surface area contributed by atoms with Crippen molar-refractivity contribution in [2.75, 3.05) is 19.7 Å². The SMILES string of the molecule is CCOC(=O)C1CCN(C(=O)C(C)Sc2nnc(-c3ccccc3)o2)CC1. The van der Waals surface area contributed by atoms with Crippen LogP contribution in [0.25, 0.3) is 11.5 Å². The average Bonchev–Trinajstić information content (AvgIpc) is 3.17. The van der Waals surface area contributed by atoms with Crippen molar-refractivity contribution in [1.29, 1.82) is 0 Å². The number of carbonyl (C=O) groups is 2. The van der Waals surface area contributed by atoms with Crippen molar-refractivity contribution in [2.45, 2.75) is 37.2 Å². The fraction of sp³-hybridized carbons (Fsp3) is 0.474. The Morgan fingerprint density at radius 2 is 1.96 bits per heavy atom. The van der Waals surface area contributed by atoms with Crippen molar-refractivity contribution in [3.63, 3.8) is 0 Å². The van der Waals surface area contributed by atoms with Crippen LogP contribution in [0.5, 0.6) is 0 Å². The van der Waals surface area contributed by atoms with Crippen LogP contribution in [0.4, 0.5) is 0 Å². The number of likely N-dealkylation sites (tertiary alicyclic amines) is 1. The molecule has 0 saturated carbocycles. The van der Waals surface area contributed by atoms with E-state index < -0.39 is 0 Å². The maximum absolute atomic E-state index is 12.7. The van der Waals surface area contributed by atoms with Gasteiger partial charge in [0.1, 0.15) is 0 Å². The first kappa shape index (κ1) is 19.4. The number of esters is 1. The van der Waals surface area contributed by atoms with E-state index in [1.807, 2.05) is 37.3 Å². The number of thioether (sulfide) groups is 1. The largest absolute Gasteiger partial charge is 0.466 e. The molecule has 144 valence electrons. The quantitative estimate of drug-likeness (QED) is 0.554. The van der Waals surface area contributed by atoms with Gasteiger partial charge in [0, 0.05) is 18.7 Å². The number of nitrogens with zero attached hydrogens (tertiary/aromatic N) is 3. The second kappa shape index (κ2) is 9.03. The molecule has 1 fully saturated rings. The third-order valence-corrected chi connectivity index (χ3v) is 5.40. The van der Waals surface area contributed by atoms with Gasteiger partial charge in [0.2, 0.25) is 11.8 Å². The van der Waals surface area contributed by atoms with Gasteiger partial charge in [-0.25, -0.2) is 0 Å². The molecule has 2 aromatic rings. The van der Waals surface area contributed by atoms with Crippen molar-refractivity contribution < 1.29 is 18.7 Å². The van der Waals surface area contributed by atoms with Gasteiger partial charge in [0.15, 0.2) is 0 Å². The van der Waals surface area contributed by atoms with Crippen molar-refractivity contribution in [3.8, 4) is 11.5 Å². The Morgan fingerprint density at radius 1 is 1.26 bits per heavy atom. The van der Waals surface area contributed by atoms with Gasteiger partial charge in [-0.1, -0.05) is 30.0 Å². The molecule has 0 spiro atoms. The van der Waals surface area contributed by atoms with E-state index >= 15 is 0 Å². The van der Waals surface area contributed by atoms with Crippen molar-refractivity contribution in [3.05, 3.63) is 30.3 Å². The molecule has 1 unspecified atom stereocenters. The summed E-state index contributed by atoms with van der Waals surface area (Å²) in [4.78, 5) is 26.3. The van der Waals surface area contributed by atoms with Gasteiger partial charge in [0.25, 0.3) is 5.22 Å². The zero-order chi connectivity index (χ0) is 19.2. The van der Waals surface area contributed by atoms with Gasteiger partial charge in [0.05, 0.1) is 17.8 Å². The molecule has 1 aliphatic heterocycles. The van der Waals surface area contributed by atoms with Crippen LogP contribution in [0.15, 0.2) is 40.0 Å². The second-order valence-corrected chi connectivity index (χ2v) is 7.64. The van der Waals surface area contributed by atoms with Crippen LogP contribution in [0.3, 0.4) is 0 Å². The lowest BCUT2D eigenvalue weighted by atomic mass is 9.97. The minimum atomic E-state index is -0.340. The number of amides is 1. The van der Waals surface area contributed by atoms with Gasteiger partial charge in [-0.05, 0) is 38.8 Å². The van der Waals surface area contributed by atoms with Crippen molar-refractivity contribution in [1.82, 2.24) is 15.1 Å². The zero-order valence-corrected chi connectivity index (χ0v) is 16.3. The molecule has 1 amide bonds. The number of carbonyl (C=O) groups excluding carboxylic acids is 2. The standard InChI is InChI=1S/C19H23N3O4S/c1-3-25-18(24)15-9-11-22(12-10-15)17(23)13(2)27-19-21-20-16(26-19)14-7-5-4-6-8-14/h4-8,13,15H,3,9-12H2,1-2H3. The molecule has 0 aliphatic carbocycles. The fourth-order valence-electron chi connectivity index (χ4n) is 3.01. The molecule has 0 radical (unpaired) electrons. The number of benzene rings is 1. The highest BCUT2D eigenvalue weighted by atomic mass is 32.2. The molecule has 3 rings (SSSR count). The molecule has 0 bridgehead atoms. The van der Waals surface area contributed by atoms with Gasteiger partial charge < -0.3 is 14.1 Å². The molecule has 8 heteroatoms. The van der Waals surface area contributed by atoms with Gasteiger partial charge >= 0.3 is 5.97 Å². The van der Waals surface area contributed by atoms with E-state index in [1.165, 1.54) is 11.8 Å². The molecule has 7 nitrogen and oxygen atoms in total. The summed E-state index contributed by atoms with van der Waals surface area (Å²) >= 11 is 1.25. The summed E-state index contributed by atoms with van der Waals surface area (Å²) in [6.07, 6.45) is 1.28. The molecule has 0 N–H and O–H groups in total. The predicted molar refractivity (Wildman–Crippen MR) is 101 cm³/mol.